The van der Waals surface area contributed by atoms with Crippen molar-refractivity contribution in [1.29, 1.82) is 0 Å². The van der Waals surface area contributed by atoms with Gasteiger partial charge in [0.05, 0.1) is 4.75 Å². The summed E-state index contributed by atoms with van der Waals surface area (Å²) in [7, 11) is -1.16. The molecule has 86 valence electrons. The number of aliphatic hydroxyl groups excluding tert-OH is 1. The van der Waals surface area contributed by atoms with E-state index in [1.54, 1.807) is 13.8 Å². The van der Waals surface area contributed by atoms with Crippen LogP contribution in [0, 0.1) is 0 Å². The maximum Gasteiger partial charge on any atom is 0.153 e. The third-order valence-electron chi connectivity index (χ3n) is 2.35. The zero-order valence-electron chi connectivity index (χ0n) is 9.45. The molecule has 0 aromatic rings. The first kappa shape index (κ1) is 13.9. The Hall–Kier alpha value is -0.130. The molecule has 4 nitrogen and oxygen atoms in total. The second kappa shape index (κ2) is 5.09. The van der Waals surface area contributed by atoms with Gasteiger partial charge in [0.15, 0.2) is 9.84 Å². The lowest BCUT2D eigenvalue weighted by atomic mass is 10.2. The zero-order valence-corrected chi connectivity index (χ0v) is 10.3. The van der Waals surface area contributed by atoms with Crippen LogP contribution in [0.1, 0.15) is 20.3 Å². The summed E-state index contributed by atoms with van der Waals surface area (Å²) in [6.07, 6.45) is 1.93. The normalized spacial score (nSPS) is 13.6. The van der Waals surface area contributed by atoms with Crippen molar-refractivity contribution in [3.05, 3.63) is 0 Å². The van der Waals surface area contributed by atoms with Crippen molar-refractivity contribution >= 4 is 9.84 Å². The van der Waals surface area contributed by atoms with Crippen LogP contribution in [-0.2, 0) is 9.84 Å². The van der Waals surface area contributed by atoms with Gasteiger partial charge in [-0.25, -0.2) is 8.42 Å². The average molecular weight is 223 g/mol. The topological polar surface area (TPSA) is 57.6 Å². The molecule has 0 aliphatic rings. The van der Waals surface area contributed by atoms with Gasteiger partial charge >= 0.3 is 0 Å². The van der Waals surface area contributed by atoms with Gasteiger partial charge in [-0.05, 0) is 27.3 Å². The quantitative estimate of drug-likeness (QED) is 0.695. The van der Waals surface area contributed by atoms with Crippen molar-refractivity contribution in [2.75, 3.05) is 33.0 Å². The van der Waals surface area contributed by atoms with Crippen LogP contribution in [-0.4, -0.2) is 56.2 Å². The predicted molar refractivity (Wildman–Crippen MR) is 58.1 cm³/mol. The van der Waals surface area contributed by atoms with Gasteiger partial charge in [0.2, 0.25) is 0 Å². The molecule has 14 heavy (non-hydrogen) atoms. The summed E-state index contributed by atoms with van der Waals surface area (Å²) in [5.74, 6) is 0. The van der Waals surface area contributed by atoms with Crippen LogP contribution in [0.5, 0.6) is 0 Å². The molecule has 0 saturated heterocycles. The number of sulfone groups is 1. The van der Waals surface area contributed by atoms with Gasteiger partial charge in [0, 0.05) is 26.0 Å². The number of nitrogens with zero attached hydrogens (tertiary/aromatic N) is 1. The third-order valence-corrected chi connectivity index (χ3v) is 4.49. The van der Waals surface area contributed by atoms with Gasteiger partial charge in [-0.2, -0.15) is 0 Å². The standard InChI is InChI=1S/C9H21NO3S/c1-9(2,14(4,12)13)8-10(3)6-5-7-11/h11H,5-8H2,1-4H3. The summed E-state index contributed by atoms with van der Waals surface area (Å²) in [4.78, 5) is 1.93. The minimum Gasteiger partial charge on any atom is -0.396 e. The van der Waals surface area contributed by atoms with Crippen molar-refractivity contribution in [1.82, 2.24) is 4.90 Å². The van der Waals surface area contributed by atoms with E-state index in [9.17, 15) is 8.42 Å². The number of hydrogen-bond donors (Lipinski definition) is 1. The molecular weight excluding hydrogens is 202 g/mol. The summed E-state index contributed by atoms with van der Waals surface area (Å²) in [5.41, 5.74) is 0. The molecule has 0 aromatic carbocycles. The lowest BCUT2D eigenvalue weighted by molar-refractivity contribution is 0.239. The molecular formula is C9H21NO3S. The van der Waals surface area contributed by atoms with Gasteiger partial charge in [0.25, 0.3) is 0 Å². The molecule has 0 unspecified atom stereocenters. The summed E-state index contributed by atoms with van der Waals surface area (Å²) in [5, 5.41) is 8.63. The summed E-state index contributed by atoms with van der Waals surface area (Å²) in [6.45, 7) is 4.79. The summed E-state index contributed by atoms with van der Waals surface area (Å²) >= 11 is 0. The second-order valence-corrected chi connectivity index (χ2v) is 7.00. The fraction of sp³-hybridized carbons (Fsp3) is 1.00. The number of aliphatic hydroxyl groups is 1. The molecule has 0 amide bonds. The van der Waals surface area contributed by atoms with E-state index in [0.717, 1.165) is 6.54 Å². The lowest BCUT2D eigenvalue weighted by Gasteiger charge is -2.28. The predicted octanol–water partition coefficient (Wildman–Crippen LogP) is 0.124. The number of rotatable bonds is 6. The molecule has 0 saturated carbocycles. The Bertz CT molecular complexity index is 259. The van der Waals surface area contributed by atoms with E-state index in [1.165, 1.54) is 6.26 Å². The van der Waals surface area contributed by atoms with E-state index < -0.39 is 14.6 Å². The van der Waals surface area contributed by atoms with E-state index in [0.29, 0.717) is 13.0 Å². The third kappa shape index (κ3) is 4.39. The molecule has 0 aliphatic heterocycles. The molecule has 0 rings (SSSR count). The molecule has 5 heteroatoms. The maximum absolute atomic E-state index is 11.4. The highest BCUT2D eigenvalue weighted by Crippen LogP contribution is 2.16. The fourth-order valence-corrected chi connectivity index (χ4v) is 1.64. The Balaban J connectivity index is 4.23. The molecule has 0 heterocycles. The highest BCUT2D eigenvalue weighted by atomic mass is 32.2. The molecule has 0 radical (unpaired) electrons. The van der Waals surface area contributed by atoms with Gasteiger partial charge < -0.3 is 10.0 Å². The first-order valence-electron chi connectivity index (χ1n) is 4.70. The Morgan fingerprint density at radius 1 is 1.36 bits per heavy atom. The van der Waals surface area contributed by atoms with Crippen LogP contribution in [0.3, 0.4) is 0 Å². The Morgan fingerprint density at radius 2 is 1.86 bits per heavy atom. The van der Waals surface area contributed by atoms with Gasteiger partial charge in [-0.3, -0.25) is 0 Å². The monoisotopic (exact) mass is 223 g/mol. The summed E-state index contributed by atoms with van der Waals surface area (Å²) < 4.78 is 22.0. The van der Waals surface area contributed by atoms with E-state index in [1.807, 2.05) is 11.9 Å². The van der Waals surface area contributed by atoms with Crippen molar-refractivity contribution in [3.8, 4) is 0 Å². The molecule has 0 bridgehead atoms. The van der Waals surface area contributed by atoms with Crippen molar-refractivity contribution in [2.45, 2.75) is 25.0 Å². The van der Waals surface area contributed by atoms with Gasteiger partial charge in [0.1, 0.15) is 0 Å². The molecule has 1 N–H and O–H groups in total. The van der Waals surface area contributed by atoms with Crippen LogP contribution < -0.4 is 0 Å². The molecule has 0 spiro atoms. The van der Waals surface area contributed by atoms with Crippen LogP contribution in [0.4, 0.5) is 0 Å². The summed E-state index contributed by atoms with van der Waals surface area (Å²) in [6, 6.07) is 0. The Kier molecular flexibility index (Phi) is 5.05. The molecule has 0 aromatic heterocycles. The molecule has 0 atom stereocenters. The van der Waals surface area contributed by atoms with Crippen LogP contribution >= 0.6 is 0 Å². The first-order valence-corrected chi connectivity index (χ1v) is 6.59. The van der Waals surface area contributed by atoms with Crippen LogP contribution in [0.15, 0.2) is 0 Å². The van der Waals surface area contributed by atoms with E-state index in [-0.39, 0.29) is 6.61 Å². The van der Waals surface area contributed by atoms with E-state index >= 15 is 0 Å². The Morgan fingerprint density at radius 3 is 2.21 bits per heavy atom. The average Bonchev–Trinajstić information content (AvgIpc) is 1.97. The smallest absolute Gasteiger partial charge is 0.153 e. The SMILES string of the molecule is CN(CCCO)CC(C)(C)S(C)(=O)=O. The van der Waals surface area contributed by atoms with Crippen molar-refractivity contribution < 1.29 is 13.5 Å². The van der Waals surface area contributed by atoms with Crippen LogP contribution in [0.25, 0.3) is 0 Å². The van der Waals surface area contributed by atoms with E-state index in [2.05, 4.69) is 0 Å². The minimum absolute atomic E-state index is 0.143. The largest absolute Gasteiger partial charge is 0.396 e. The van der Waals surface area contributed by atoms with Crippen molar-refractivity contribution in [2.24, 2.45) is 0 Å². The second-order valence-electron chi connectivity index (χ2n) is 4.35. The van der Waals surface area contributed by atoms with Gasteiger partial charge in [-0.15, -0.1) is 0 Å². The van der Waals surface area contributed by atoms with E-state index in [4.69, 9.17) is 5.11 Å². The van der Waals surface area contributed by atoms with Crippen LogP contribution in [0.2, 0.25) is 0 Å². The van der Waals surface area contributed by atoms with Gasteiger partial charge in [-0.1, -0.05) is 0 Å². The maximum atomic E-state index is 11.4. The highest BCUT2D eigenvalue weighted by molar-refractivity contribution is 7.92. The minimum atomic E-state index is -3.03. The molecule has 0 fully saturated rings. The fourth-order valence-electron chi connectivity index (χ4n) is 1.19. The lowest BCUT2D eigenvalue weighted by Crippen LogP contribution is -2.42. The zero-order chi connectivity index (χ0) is 11.4. The highest BCUT2D eigenvalue weighted by Gasteiger charge is 2.31. The number of hydrogen-bond acceptors (Lipinski definition) is 4. The van der Waals surface area contributed by atoms with Crippen molar-refractivity contribution in [3.63, 3.8) is 0 Å². The first-order chi connectivity index (χ1) is 6.20. The molecule has 0 aliphatic carbocycles. The Labute approximate surface area is 86.8 Å².